The van der Waals surface area contributed by atoms with Crippen LogP contribution in [-0.4, -0.2) is 25.5 Å². The Morgan fingerprint density at radius 2 is 2.04 bits per heavy atom. The predicted octanol–water partition coefficient (Wildman–Crippen LogP) is 2.80. The van der Waals surface area contributed by atoms with Crippen molar-refractivity contribution in [2.75, 3.05) is 19.6 Å². The maximum absolute atomic E-state index is 12.6. The number of likely N-dealkylation sites (tertiary alicyclic amines) is 1. The molecule has 1 amide bonds. The molecule has 1 aromatic carbocycles. The first-order chi connectivity index (χ1) is 13.2. The average molecular weight is 367 g/mol. The Kier molecular flexibility index (Phi) is 5.30. The molecular weight excluding hydrogens is 340 g/mol. The van der Waals surface area contributed by atoms with Crippen molar-refractivity contribution in [1.82, 2.24) is 5.32 Å². The van der Waals surface area contributed by atoms with Crippen LogP contribution in [0.4, 0.5) is 0 Å². The van der Waals surface area contributed by atoms with Crippen molar-refractivity contribution in [3.8, 4) is 0 Å². The smallest absolute Gasteiger partial charge is 0.224 e. The van der Waals surface area contributed by atoms with Crippen LogP contribution in [0.5, 0.6) is 0 Å². The SMILES string of the molecule is Cc1ccc2c(CC(=O)NC[C@H](c3ccco3)[NH+]3CCCCC3)coc2c1. The number of benzene rings is 1. The number of amides is 1. The molecule has 0 unspecified atom stereocenters. The van der Waals surface area contributed by atoms with Gasteiger partial charge in [0, 0.05) is 10.9 Å². The molecule has 2 N–H and O–H groups in total. The summed E-state index contributed by atoms with van der Waals surface area (Å²) >= 11 is 0. The summed E-state index contributed by atoms with van der Waals surface area (Å²) in [4.78, 5) is 14.1. The molecule has 4 rings (SSSR count). The molecule has 2 aromatic heterocycles. The third-order valence-electron chi connectivity index (χ3n) is 5.54. The van der Waals surface area contributed by atoms with Gasteiger partial charge < -0.3 is 19.1 Å². The van der Waals surface area contributed by atoms with Crippen molar-refractivity contribution in [3.63, 3.8) is 0 Å². The molecule has 0 spiro atoms. The minimum atomic E-state index is 0.0197. The van der Waals surface area contributed by atoms with Gasteiger partial charge in [0.1, 0.15) is 5.58 Å². The van der Waals surface area contributed by atoms with Crippen molar-refractivity contribution < 1.29 is 18.5 Å². The number of rotatable bonds is 6. The Morgan fingerprint density at radius 1 is 1.19 bits per heavy atom. The molecule has 0 radical (unpaired) electrons. The molecule has 27 heavy (non-hydrogen) atoms. The lowest BCUT2D eigenvalue weighted by Crippen LogP contribution is -3.13. The lowest BCUT2D eigenvalue weighted by atomic mass is 10.1. The van der Waals surface area contributed by atoms with Crippen LogP contribution in [-0.2, 0) is 11.2 Å². The van der Waals surface area contributed by atoms with E-state index in [-0.39, 0.29) is 11.9 Å². The summed E-state index contributed by atoms with van der Waals surface area (Å²) in [6.07, 6.45) is 7.52. The van der Waals surface area contributed by atoms with Gasteiger partial charge in [-0.1, -0.05) is 12.1 Å². The second-order valence-corrected chi connectivity index (χ2v) is 7.53. The van der Waals surface area contributed by atoms with Crippen LogP contribution in [0, 0.1) is 6.92 Å². The number of aryl methyl sites for hydroxylation is 1. The van der Waals surface area contributed by atoms with Crippen molar-refractivity contribution in [3.05, 3.63) is 59.7 Å². The van der Waals surface area contributed by atoms with E-state index in [0.717, 1.165) is 40.9 Å². The van der Waals surface area contributed by atoms with E-state index in [1.165, 1.54) is 24.2 Å². The molecule has 5 nitrogen and oxygen atoms in total. The van der Waals surface area contributed by atoms with Crippen LogP contribution in [0.2, 0.25) is 0 Å². The molecule has 3 heterocycles. The van der Waals surface area contributed by atoms with Gasteiger partial charge in [0.15, 0.2) is 11.8 Å². The van der Waals surface area contributed by atoms with Crippen LogP contribution >= 0.6 is 0 Å². The van der Waals surface area contributed by atoms with E-state index in [1.54, 1.807) is 12.5 Å². The summed E-state index contributed by atoms with van der Waals surface area (Å²) in [7, 11) is 0. The van der Waals surface area contributed by atoms with E-state index in [4.69, 9.17) is 8.83 Å². The summed E-state index contributed by atoms with van der Waals surface area (Å²) in [6, 6.07) is 10.2. The van der Waals surface area contributed by atoms with Crippen LogP contribution in [0.1, 0.15) is 42.2 Å². The zero-order chi connectivity index (χ0) is 18.6. The molecule has 1 saturated heterocycles. The van der Waals surface area contributed by atoms with Gasteiger partial charge in [-0.2, -0.15) is 0 Å². The van der Waals surface area contributed by atoms with E-state index in [0.29, 0.717) is 13.0 Å². The maximum Gasteiger partial charge on any atom is 0.224 e. The van der Waals surface area contributed by atoms with Gasteiger partial charge in [-0.15, -0.1) is 0 Å². The minimum Gasteiger partial charge on any atom is -0.464 e. The van der Waals surface area contributed by atoms with Gasteiger partial charge in [0.05, 0.1) is 38.6 Å². The van der Waals surface area contributed by atoms with Crippen LogP contribution < -0.4 is 10.2 Å². The second kappa shape index (κ2) is 8.01. The van der Waals surface area contributed by atoms with Gasteiger partial charge in [0.2, 0.25) is 5.91 Å². The van der Waals surface area contributed by atoms with E-state index < -0.39 is 0 Å². The standard InChI is InChI=1S/C22H26N2O3/c1-16-7-8-18-17(15-27-21(18)12-16)13-22(25)23-14-19(20-6-5-11-26-20)24-9-3-2-4-10-24/h5-8,11-12,15,19H,2-4,9-10,13-14H2,1H3,(H,23,25)/p+1/t19-/m1/s1. The normalized spacial score (nSPS) is 16.5. The molecule has 142 valence electrons. The van der Waals surface area contributed by atoms with Gasteiger partial charge in [-0.3, -0.25) is 4.79 Å². The molecule has 3 aromatic rings. The number of nitrogens with one attached hydrogen (secondary N) is 2. The van der Waals surface area contributed by atoms with Crippen LogP contribution in [0.15, 0.2) is 51.7 Å². The third kappa shape index (κ3) is 4.08. The summed E-state index contributed by atoms with van der Waals surface area (Å²) < 4.78 is 11.3. The van der Waals surface area contributed by atoms with E-state index >= 15 is 0 Å². The number of carbonyl (C=O) groups excluding carboxylic acids is 1. The Morgan fingerprint density at radius 3 is 2.81 bits per heavy atom. The lowest BCUT2D eigenvalue weighted by molar-refractivity contribution is -0.936. The first-order valence-electron chi connectivity index (χ1n) is 9.82. The largest absolute Gasteiger partial charge is 0.464 e. The third-order valence-corrected chi connectivity index (χ3v) is 5.54. The van der Waals surface area contributed by atoms with Gasteiger partial charge >= 0.3 is 0 Å². The number of carbonyl (C=O) groups is 1. The summed E-state index contributed by atoms with van der Waals surface area (Å²) in [6.45, 7) is 4.89. The van der Waals surface area contributed by atoms with Gasteiger partial charge in [-0.25, -0.2) is 0 Å². The number of fused-ring (bicyclic) bond motifs is 1. The van der Waals surface area contributed by atoms with Gasteiger partial charge in [-0.05, 0) is 49.9 Å². The fourth-order valence-corrected chi connectivity index (χ4v) is 4.07. The molecule has 5 heteroatoms. The highest BCUT2D eigenvalue weighted by atomic mass is 16.3. The number of furan rings is 2. The molecule has 0 aliphatic carbocycles. The van der Waals surface area contributed by atoms with E-state index in [2.05, 4.69) is 5.32 Å². The van der Waals surface area contributed by atoms with Gasteiger partial charge in [0.25, 0.3) is 0 Å². The second-order valence-electron chi connectivity index (χ2n) is 7.53. The monoisotopic (exact) mass is 367 g/mol. The van der Waals surface area contributed by atoms with Crippen LogP contribution in [0.3, 0.4) is 0 Å². The van der Waals surface area contributed by atoms with E-state index in [9.17, 15) is 4.79 Å². The Balaban J connectivity index is 1.41. The minimum absolute atomic E-state index is 0.0197. The van der Waals surface area contributed by atoms with Crippen molar-refractivity contribution in [2.24, 2.45) is 0 Å². The molecule has 0 bridgehead atoms. The fraction of sp³-hybridized carbons (Fsp3) is 0.409. The molecule has 1 aliphatic rings. The fourth-order valence-electron chi connectivity index (χ4n) is 4.07. The summed E-state index contributed by atoms with van der Waals surface area (Å²) in [5.41, 5.74) is 2.92. The van der Waals surface area contributed by atoms with E-state index in [1.807, 2.05) is 37.3 Å². The Bertz CT molecular complexity index is 892. The average Bonchev–Trinajstić information content (AvgIpc) is 3.33. The molecular formula is C22H27N2O3+. The highest BCUT2D eigenvalue weighted by Gasteiger charge is 2.28. The quantitative estimate of drug-likeness (QED) is 0.704. The topological polar surface area (TPSA) is 59.8 Å². The van der Waals surface area contributed by atoms with Crippen LogP contribution in [0.25, 0.3) is 11.0 Å². The lowest BCUT2D eigenvalue weighted by Gasteiger charge is -2.30. The Hall–Kier alpha value is -2.53. The molecule has 1 aliphatic heterocycles. The van der Waals surface area contributed by atoms with Crippen molar-refractivity contribution >= 4 is 16.9 Å². The van der Waals surface area contributed by atoms with Crippen molar-refractivity contribution in [2.45, 2.75) is 38.6 Å². The number of quaternary nitrogens is 1. The summed E-state index contributed by atoms with van der Waals surface area (Å²) in [5, 5.41) is 4.14. The van der Waals surface area contributed by atoms with Crippen molar-refractivity contribution in [1.29, 1.82) is 0 Å². The molecule has 0 saturated carbocycles. The first kappa shape index (κ1) is 17.9. The zero-order valence-corrected chi connectivity index (χ0v) is 15.8. The molecule has 1 atom stereocenters. The number of piperidine rings is 1. The summed E-state index contributed by atoms with van der Waals surface area (Å²) in [5.74, 6) is 0.975. The first-order valence-corrected chi connectivity index (χ1v) is 9.82. The highest BCUT2D eigenvalue weighted by molar-refractivity contribution is 5.87. The Labute approximate surface area is 159 Å². The number of hydrogen-bond acceptors (Lipinski definition) is 3. The number of hydrogen-bond donors (Lipinski definition) is 2. The maximum atomic E-state index is 12.6. The highest BCUT2D eigenvalue weighted by Crippen LogP contribution is 2.22. The molecule has 1 fully saturated rings. The zero-order valence-electron chi connectivity index (χ0n) is 15.8. The predicted molar refractivity (Wildman–Crippen MR) is 104 cm³/mol.